The molecule has 192 valence electrons. The lowest BCUT2D eigenvalue weighted by Gasteiger charge is -2.24. The Morgan fingerprint density at radius 1 is 1.06 bits per heavy atom. The predicted octanol–water partition coefficient (Wildman–Crippen LogP) is 3.13. The molecule has 0 aliphatic carbocycles. The van der Waals surface area contributed by atoms with Crippen LogP contribution in [0, 0.1) is 22.7 Å². The number of nitrogens with zero attached hydrogens (tertiary/aromatic N) is 7. The van der Waals surface area contributed by atoms with E-state index in [0.29, 0.717) is 17.9 Å². The minimum atomic E-state index is -2.60. The molecule has 0 saturated heterocycles. The molecule has 10 nitrogen and oxygen atoms in total. The van der Waals surface area contributed by atoms with Crippen LogP contribution in [0.15, 0.2) is 12.1 Å². The summed E-state index contributed by atoms with van der Waals surface area (Å²) in [6.07, 6.45) is -5.65. The van der Waals surface area contributed by atoms with Gasteiger partial charge in [0.1, 0.15) is 42.2 Å². The number of nitriles is 2. The third-order valence-electron chi connectivity index (χ3n) is 3.97. The van der Waals surface area contributed by atoms with Crippen LogP contribution in [0.4, 0.5) is 22.4 Å². The van der Waals surface area contributed by atoms with Crippen molar-refractivity contribution in [2.24, 2.45) is 0 Å². The lowest BCUT2D eigenvalue weighted by Crippen LogP contribution is -2.33. The topological polar surface area (TPSA) is 125 Å². The molecular formula is C21H28F4N8O2. The van der Waals surface area contributed by atoms with E-state index in [4.69, 9.17) is 15.3 Å². The number of rotatable bonds is 8. The molecule has 0 fully saturated rings. The number of hydrogen-bond acceptors (Lipinski definition) is 7. The first-order valence-electron chi connectivity index (χ1n) is 10.4. The number of ether oxygens (including phenoxy) is 1. The van der Waals surface area contributed by atoms with Crippen molar-refractivity contribution in [1.82, 2.24) is 29.8 Å². The normalized spacial score (nSPS) is 11.0. The number of alkyl halides is 4. The quantitative estimate of drug-likeness (QED) is 0.552. The molecule has 1 N–H and O–H groups in total. The van der Waals surface area contributed by atoms with E-state index in [2.05, 4.69) is 15.5 Å². The standard InChI is InChI=1S/C13H18F2N4O2.C8H10F2N4/c1-13(2,3)21-12(20)18(4)7-9-5-10(6-16)19(17-9)8-11(14)15;1-12-4-6-2-7(3-11)14(13-6)5-8(9)10/h5,11H,7-8H2,1-4H3;2,8,12H,4-5H2,1H3. The van der Waals surface area contributed by atoms with Gasteiger partial charge in [0.15, 0.2) is 0 Å². The van der Waals surface area contributed by atoms with Gasteiger partial charge >= 0.3 is 6.09 Å². The molecule has 0 spiro atoms. The lowest BCUT2D eigenvalue weighted by atomic mass is 10.2. The van der Waals surface area contributed by atoms with Crippen molar-refractivity contribution < 1.29 is 27.1 Å². The molecule has 0 aliphatic rings. The maximum Gasteiger partial charge on any atom is 0.410 e. The first-order chi connectivity index (χ1) is 16.3. The van der Waals surface area contributed by atoms with Crippen molar-refractivity contribution in [3.8, 4) is 12.1 Å². The van der Waals surface area contributed by atoms with Crippen molar-refractivity contribution in [3.63, 3.8) is 0 Å². The van der Waals surface area contributed by atoms with Gasteiger partial charge in [-0.2, -0.15) is 20.7 Å². The molecule has 2 aromatic heterocycles. The molecule has 2 aromatic rings. The summed E-state index contributed by atoms with van der Waals surface area (Å²) in [5.41, 5.74) is 0.502. The Kier molecular flexibility index (Phi) is 11.2. The predicted molar refractivity (Wildman–Crippen MR) is 116 cm³/mol. The highest BCUT2D eigenvalue weighted by Crippen LogP contribution is 2.12. The van der Waals surface area contributed by atoms with E-state index in [0.717, 1.165) is 9.36 Å². The molecule has 0 aliphatic heterocycles. The smallest absolute Gasteiger partial charge is 0.410 e. The van der Waals surface area contributed by atoms with Crippen molar-refractivity contribution in [2.45, 2.75) is 65.4 Å². The van der Waals surface area contributed by atoms with Crippen LogP contribution in [0.1, 0.15) is 43.5 Å². The Balaban J connectivity index is 0.000000379. The minimum Gasteiger partial charge on any atom is -0.444 e. The van der Waals surface area contributed by atoms with E-state index in [1.807, 2.05) is 6.07 Å². The zero-order chi connectivity index (χ0) is 26.8. The van der Waals surface area contributed by atoms with Crippen LogP contribution in [0.25, 0.3) is 0 Å². The molecule has 2 rings (SSSR count). The van der Waals surface area contributed by atoms with Gasteiger partial charge in [-0.3, -0.25) is 0 Å². The summed E-state index contributed by atoms with van der Waals surface area (Å²) in [7, 11) is 3.23. The average Bonchev–Trinajstić information content (AvgIpc) is 3.29. The zero-order valence-electron chi connectivity index (χ0n) is 20.1. The third-order valence-corrected chi connectivity index (χ3v) is 3.97. The highest BCUT2D eigenvalue weighted by Gasteiger charge is 2.21. The van der Waals surface area contributed by atoms with Crippen LogP contribution >= 0.6 is 0 Å². The van der Waals surface area contributed by atoms with Gasteiger partial charge in [-0.1, -0.05) is 0 Å². The van der Waals surface area contributed by atoms with E-state index in [-0.39, 0.29) is 17.9 Å². The highest BCUT2D eigenvalue weighted by molar-refractivity contribution is 5.67. The van der Waals surface area contributed by atoms with Crippen LogP contribution in [0.2, 0.25) is 0 Å². The third kappa shape index (κ3) is 10.4. The fourth-order valence-corrected chi connectivity index (χ4v) is 2.65. The largest absolute Gasteiger partial charge is 0.444 e. The SMILES string of the molecule is CN(Cc1cc(C#N)n(CC(F)F)n1)C(=O)OC(C)(C)C.CNCc1cc(C#N)n(CC(F)F)n1. The number of carbonyl (C=O) groups excluding carboxylic acids is 1. The Morgan fingerprint density at radius 2 is 1.51 bits per heavy atom. The number of aromatic nitrogens is 4. The fourth-order valence-electron chi connectivity index (χ4n) is 2.65. The van der Waals surface area contributed by atoms with Gasteiger partial charge < -0.3 is 15.0 Å². The molecule has 0 aromatic carbocycles. The zero-order valence-corrected chi connectivity index (χ0v) is 20.1. The van der Waals surface area contributed by atoms with Crippen molar-refractivity contribution in [3.05, 3.63) is 34.9 Å². The van der Waals surface area contributed by atoms with Gasteiger partial charge in [0, 0.05) is 13.6 Å². The Bertz CT molecular complexity index is 1050. The van der Waals surface area contributed by atoms with Crippen LogP contribution in [-0.2, 0) is 30.9 Å². The Hall–Kier alpha value is -3.65. The number of halogens is 4. The van der Waals surface area contributed by atoms with Gasteiger partial charge in [-0.05, 0) is 40.0 Å². The van der Waals surface area contributed by atoms with E-state index in [9.17, 15) is 22.4 Å². The lowest BCUT2D eigenvalue weighted by molar-refractivity contribution is 0.0282. The molecule has 0 atom stereocenters. The first kappa shape index (κ1) is 29.4. The van der Waals surface area contributed by atoms with Crippen molar-refractivity contribution >= 4 is 6.09 Å². The highest BCUT2D eigenvalue weighted by atomic mass is 19.3. The number of hydrogen-bond donors (Lipinski definition) is 1. The van der Waals surface area contributed by atoms with Crippen LogP contribution in [-0.4, -0.2) is 63.1 Å². The number of nitrogens with one attached hydrogen (secondary N) is 1. The summed E-state index contributed by atoms with van der Waals surface area (Å²) in [5, 5.41) is 28.1. The van der Waals surface area contributed by atoms with Crippen LogP contribution in [0.3, 0.4) is 0 Å². The van der Waals surface area contributed by atoms with Gasteiger partial charge in [-0.15, -0.1) is 0 Å². The summed E-state index contributed by atoms with van der Waals surface area (Å²) in [6.45, 7) is 4.56. The molecule has 0 saturated carbocycles. The summed E-state index contributed by atoms with van der Waals surface area (Å²) in [6, 6.07) is 6.49. The van der Waals surface area contributed by atoms with Crippen molar-refractivity contribution in [1.29, 1.82) is 10.5 Å². The second kappa shape index (κ2) is 13.3. The van der Waals surface area contributed by atoms with Gasteiger partial charge in [0.05, 0.1) is 17.9 Å². The molecule has 0 bridgehead atoms. The molecular weight excluding hydrogens is 472 g/mol. The van der Waals surface area contributed by atoms with E-state index in [1.54, 1.807) is 33.9 Å². The van der Waals surface area contributed by atoms with E-state index >= 15 is 0 Å². The molecule has 0 radical (unpaired) electrons. The second-order valence-electron chi connectivity index (χ2n) is 8.28. The Labute approximate surface area is 200 Å². The molecule has 35 heavy (non-hydrogen) atoms. The van der Waals surface area contributed by atoms with Gasteiger partial charge in [0.2, 0.25) is 0 Å². The second-order valence-corrected chi connectivity index (χ2v) is 8.28. The number of amides is 1. The van der Waals surface area contributed by atoms with Gasteiger partial charge in [0.25, 0.3) is 12.9 Å². The Morgan fingerprint density at radius 3 is 1.91 bits per heavy atom. The first-order valence-corrected chi connectivity index (χ1v) is 10.4. The fraction of sp³-hybridized carbons (Fsp3) is 0.571. The molecule has 14 heteroatoms. The summed E-state index contributed by atoms with van der Waals surface area (Å²) >= 11 is 0. The van der Waals surface area contributed by atoms with Crippen LogP contribution < -0.4 is 5.32 Å². The molecule has 1 amide bonds. The summed E-state index contributed by atoms with van der Waals surface area (Å²) in [5.74, 6) is 0. The summed E-state index contributed by atoms with van der Waals surface area (Å²) in [4.78, 5) is 13.1. The van der Waals surface area contributed by atoms with Crippen LogP contribution in [0.5, 0.6) is 0 Å². The number of carbonyl (C=O) groups is 1. The van der Waals surface area contributed by atoms with E-state index < -0.39 is 37.6 Å². The molecule has 0 unspecified atom stereocenters. The maximum absolute atomic E-state index is 12.4. The molecule has 2 heterocycles. The monoisotopic (exact) mass is 500 g/mol. The average molecular weight is 501 g/mol. The van der Waals surface area contributed by atoms with Gasteiger partial charge in [-0.25, -0.2) is 31.7 Å². The maximum atomic E-state index is 12.4. The summed E-state index contributed by atoms with van der Waals surface area (Å²) < 4.78 is 56.0. The van der Waals surface area contributed by atoms with E-state index in [1.165, 1.54) is 24.1 Å². The van der Waals surface area contributed by atoms with Crippen molar-refractivity contribution in [2.75, 3.05) is 14.1 Å². The minimum absolute atomic E-state index is 0.0305.